The number of pyridine rings is 1. The minimum Gasteiger partial charge on any atom is -0.497 e. The Kier molecular flexibility index (Phi) is 4.61. The summed E-state index contributed by atoms with van der Waals surface area (Å²) in [5.41, 5.74) is 0.998. The van der Waals surface area contributed by atoms with Crippen molar-refractivity contribution in [3.63, 3.8) is 0 Å². The van der Waals surface area contributed by atoms with Crippen molar-refractivity contribution in [2.45, 2.75) is 6.61 Å². The van der Waals surface area contributed by atoms with Crippen LogP contribution >= 0.6 is 15.9 Å². The second-order valence-corrected chi connectivity index (χ2v) is 5.79. The predicted octanol–water partition coefficient (Wildman–Crippen LogP) is 2.82. The molecule has 3 aromatic rings. The van der Waals surface area contributed by atoms with E-state index in [2.05, 4.69) is 20.9 Å². The highest BCUT2D eigenvalue weighted by atomic mass is 79.9. The van der Waals surface area contributed by atoms with E-state index in [1.54, 1.807) is 42.6 Å². The fraction of sp³-hybridized carbons (Fsp3) is 0.118. The summed E-state index contributed by atoms with van der Waals surface area (Å²) < 4.78 is 12.4. The quantitative estimate of drug-likeness (QED) is 0.642. The van der Waals surface area contributed by atoms with E-state index in [0.29, 0.717) is 27.1 Å². The molecule has 0 atom stereocenters. The third-order valence-corrected chi connectivity index (χ3v) is 4.06. The lowest BCUT2D eigenvalue weighted by Crippen LogP contribution is -2.16. The van der Waals surface area contributed by atoms with Crippen molar-refractivity contribution in [2.75, 3.05) is 7.11 Å². The van der Waals surface area contributed by atoms with E-state index in [1.165, 1.54) is 17.6 Å². The first-order valence-corrected chi connectivity index (χ1v) is 7.86. The topological polar surface area (TPSA) is 69.9 Å². The first-order chi connectivity index (χ1) is 11.6. The lowest BCUT2D eigenvalue weighted by atomic mass is 10.2. The molecule has 0 radical (unpaired) electrons. The number of hydrogen-bond donors (Lipinski definition) is 0. The van der Waals surface area contributed by atoms with Gasteiger partial charge in [-0.3, -0.25) is 9.20 Å². The van der Waals surface area contributed by atoms with Crippen molar-refractivity contribution in [3.05, 3.63) is 74.7 Å². The molecule has 0 aliphatic carbocycles. The number of methoxy groups -OCH3 is 1. The number of fused-ring (bicyclic) bond motifs is 1. The maximum Gasteiger partial charge on any atom is 0.339 e. The second kappa shape index (κ2) is 6.84. The molecule has 0 saturated carbocycles. The van der Waals surface area contributed by atoms with Crippen molar-refractivity contribution in [2.24, 2.45) is 0 Å². The number of ether oxygens (including phenoxy) is 2. The van der Waals surface area contributed by atoms with E-state index in [9.17, 15) is 9.59 Å². The van der Waals surface area contributed by atoms with Crippen molar-refractivity contribution in [1.82, 2.24) is 9.38 Å². The van der Waals surface area contributed by atoms with Crippen molar-refractivity contribution < 1.29 is 14.3 Å². The van der Waals surface area contributed by atoms with E-state index in [4.69, 9.17) is 9.47 Å². The molecular weight excluding hydrogens is 376 g/mol. The summed E-state index contributed by atoms with van der Waals surface area (Å²) in [5, 5.41) is 0. The Morgan fingerprint density at radius 2 is 2.08 bits per heavy atom. The first kappa shape index (κ1) is 16.2. The summed E-state index contributed by atoms with van der Waals surface area (Å²) >= 11 is 3.31. The van der Waals surface area contributed by atoms with Crippen LogP contribution in [0.4, 0.5) is 0 Å². The minimum atomic E-state index is -0.532. The van der Waals surface area contributed by atoms with Gasteiger partial charge in [0.2, 0.25) is 0 Å². The molecule has 122 valence electrons. The average molecular weight is 389 g/mol. The second-order valence-electron chi connectivity index (χ2n) is 4.94. The van der Waals surface area contributed by atoms with Gasteiger partial charge in [0.25, 0.3) is 5.56 Å². The molecule has 6 nitrogen and oxygen atoms in total. The van der Waals surface area contributed by atoms with Crippen LogP contribution < -0.4 is 10.3 Å². The molecule has 2 heterocycles. The molecular formula is C17H13BrN2O4. The molecule has 7 heteroatoms. The van der Waals surface area contributed by atoms with Gasteiger partial charge in [-0.15, -0.1) is 0 Å². The molecule has 24 heavy (non-hydrogen) atoms. The molecule has 0 spiro atoms. The number of rotatable bonds is 4. The number of esters is 1. The summed E-state index contributed by atoms with van der Waals surface area (Å²) in [6, 6.07) is 11.6. The van der Waals surface area contributed by atoms with E-state index in [-0.39, 0.29) is 12.2 Å². The van der Waals surface area contributed by atoms with Gasteiger partial charge in [-0.2, -0.15) is 0 Å². The van der Waals surface area contributed by atoms with E-state index in [1.807, 2.05) is 0 Å². The lowest BCUT2D eigenvalue weighted by molar-refractivity contribution is 0.0466. The number of carbonyl (C=O) groups is 1. The summed E-state index contributed by atoms with van der Waals surface area (Å²) in [6.45, 7) is -0.0941. The fourth-order valence-electron chi connectivity index (χ4n) is 2.18. The molecule has 0 aliphatic heterocycles. The van der Waals surface area contributed by atoms with Gasteiger partial charge in [0.15, 0.2) is 0 Å². The largest absolute Gasteiger partial charge is 0.497 e. The molecule has 3 rings (SSSR count). The van der Waals surface area contributed by atoms with Crippen LogP contribution in [0.3, 0.4) is 0 Å². The van der Waals surface area contributed by atoms with Crippen LogP contribution in [0.15, 0.2) is 57.9 Å². The third-order valence-electron chi connectivity index (χ3n) is 3.37. The fourth-order valence-corrected chi connectivity index (χ4v) is 2.59. The Morgan fingerprint density at radius 1 is 1.25 bits per heavy atom. The standard InChI is InChI=1S/C17H13BrN2O4/c1-23-12-5-6-14(18)13(9-12)17(22)24-10-11-8-16(21)20-7-3-2-4-15(20)19-11/h2-9H,10H2,1H3. The number of aromatic nitrogens is 2. The maximum atomic E-state index is 12.2. The summed E-state index contributed by atoms with van der Waals surface area (Å²) in [5.74, 6) is 0.0167. The number of carbonyl (C=O) groups excluding carboxylic acids is 1. The highest BCUT2D eigenvalue weighted by Crippen LogP contribution is 2.23. The smallest absolute Gasteiger partial charge is 0.339 e. The van der Waals surface area contributed by atoms with Crippen LogP contribution in [0.1, 0.15) is 16.1 Å². The highest BCUT2D eigenvalue weighted by Gasteiger charge is 2.14. The van der Waals surface area contributed by atoms with Crippen LogP contribution in [0, 0.1) is 0 Å². The normalized spacial score (nSPS) is 10.6. The SMILES string of the molecule is COc1ccc(Br)c(C(=O)OCc2cc(=O)n3ccccc3n2)c1. The molecule has 0 fully saturated rings. The van der Waals surface area contributed by atoms with Gasteiger partial charge in [-0.1, -0.05) is 6.07 Å². The van der Waals surface area contributed by atoms with Crippen LogP contribution in [0.5, 0.6) is 5.75 Å². The molecule has 0 aliphatic rings. The first-order valence-electron chi connectivity index (χ1n) is 7.06. The summed E-state index contributed by atoms with van der Waals surface area (Å²) in [7, 11) is 1.52. The molecule has 0 N–H and O–H groups in total. The van der Waals surface area contributed by atoms with Gasteiger partial charge >= 0.3 is 5.97 Å². The highest BCUT2D eigenvalue weighted by molar-refractivity contribution is 9.10. The van der Waals surface area contributed by atoms with Crippen LogP contribution in [0.2, 0.25) is 0 Å². The van der Waals surface area contributed by atoms with Gasteiger partial charge in [0.05, 0.1) is 18.4 Å². The van der Waals surface area contributed by atoms with Crippen LogP contribution in [0.25, 0.3) is 5.65 Å². The lowest BCUT2D eigenvalue weighted by Gasteiger charge is -2.08. The predicted molar refractivity (Wildman–Crippen MR) is 91.3 cm³/mol. The monoisotopic (exact) mass is 388 g/mol. The van der Waals surface area contributed by atoms with Gasteiger partial charge < -0.3 is 9.47 Å². The molecule has 2 aromatic heterocycles. The Labute approximate surface area is 145 Å². The minimum absolute atomic E-state index is 0.0941. The Bertz CT molecular complexity index is 968. The Balaban J connectivity index is 1.81. The molecule has 1 aromatic carbocycles. The Morgan fingerprint density at radius 3 is 2.88 bits per heavy atom. The van der Waals surface area contributed by atoms with Crippen molar-refractivity contribution in [3.8, 4) is 5.75 Å². The van der Waals surface area contributed by atoms with E-state index < -0.39 is 5.97 Å². The average Bonchev–Trinajstić information content (AvgIpc) is 2.60. The van der Waals surface area contributed by atoms with Gasteiger partial charge in [0.1, 0.15) is 18.0 Å². The molecule has 0 saturated heterocycles. The number of benzene rings is 1. The van der Waals surface area contributed by atoms with Gasteiger partial charge in [-0.25, -0.2) is 9.78 Å². The van der Waals surface area contributed by atoms with E-state index in [0.717, 1.165) is 0 Å². The number of halogens is 1. The summed E-state index contributed by atoms with van der Waals surface area (Å²) in [4.78, 5) is 28.6. The third kappa shape index (κ3) is 3.30. The molecule has 0 unspecified atom stereocenters. The maximum absolute atomic E-state index is 12.2. The summed E-state index contributed by atoms with van der Waals surface area (Å²) in [6.07, 6.45) is 1.63. The van der Waals surface area contributed by atoms with Gasteiger partial charge in [0, 0.05) is 16.7 Å². The van der Waals surface area contributed by atoms with Crippen LogP contribution in [-0.2, 0) is 11.3 Å². The Hall–Kier alpha value is -2.67. The number of nitrogens with zero attached hydrogens (tertiary/aromatic N) is 2. The zero-order valence-corrected chi connectivity index (χ0v) is 14.3. The zero-order valence-electron chi connectivity index (χ0n) is 12.7. The molecule has 0 bridgehead atoms. The van der Waals surface area contributed by atoms with E-state index >= 15 is 0 Å². The van der Waals surface area contributed by atoms with Crippen molar-refractivity contribution in [1.29, 1.82) is 0 Å². The van der Waals surface area contributed by atoms with Crippen molar-refractivity contribution >= 4 is 27.5 Å². The number of hydrogen-bond acceptors (Lipinski definition) is 5. The van der Waals surface area contributed by atoms with Gasteiger partial charge in [-0.05, 0) is 46.3 Å². The molecule has 0 amide bonds. The zero-order chi connectivity index (χ0) is 17.1. The van der Waals surface area contributed by atoms with Crippen LogP contribution in [-0.4, -0.2) is 22.5 Å².